The molecule has 0 radical (unpaired) electrons. The molecule has 27 heavy (non-hydrogen) atoms. The van der Waals surface area contributed by atoms with E-state index in [0.29, 0.717) is 37.2 Å². The van der Waals surface area contributed by atoms with Crippen LogP contribution in [0, 0.1) is 0 Å². The second-order valence-electron chi connectivity index (χ2n) is 6.18. The third kappa shape index (κ3) is 5.29. The fourth-order valence-electron chi connectivity index (χ4n) is 2.80. The lowest BCUT2D eigenvalue weighted by atomic mass is 10.0. The summed E-state index contributed by atoms with van der Waals surface area (Å²) in [5.74, 6) is -0.368. The van der Waals surface area contributed by atoms with Crippen molar-refractivity contribution in [1.29, 1.82) is 0 Å². The molecule has 0 aliphatic carbocycles. The van der Waals surface area contributed by atoms with Gasteiger partial charge in [0.1, 0.15) is 17.1 Å². The predicted molar refractivity (Wildman–Crippen MR) is 102 cm³/mol. The molecule has 0 spiro atoms. The largest absolute Gasteiger partial charge is 0.507 e. The molecule has 0 saturated carbocycles. The maximum absolute atomic E-state index is 11.9. The number of hydrogen-bond acceptors (Lipinski definition) is 6. The summed E-state index contributed by atoms with van der Waals surface area (Å²) in [6, 6.07) is 7.93. The lowest BCUT2D eigenvalue weighted by Crippen LogP contribution is -2.08. The highest BCUT2D eigenvalue weighted by Crippen LogP contribution is 2.33. The van der Waals surface area contributed by atoms with Crippen LogP contribution in [0.3, 0.4) is 0 Å². The van der Waals surface area contributed by atoms with Crippen molar-refractivity contribution in [3.8, 4) is 23.0 Å². The quantitative estimate of drug-likeness (QED) is 0.349. The van der Waals surface area contributed by atoms with Gasteiger partial charge >= 0.3 is 5.97 Å². The lowest BCUT2D eigenvalue weighted by Gasteiger charge is -2.15. The molecule has 6 heteroatoms. The van der Waals surface area contributed by atoms with Crippen molar-refractivity contribution in [2.75, 3.05) is 13.2 Å². The van der Waals surface area contributed by atoms with Crippen molar-refractivity contribution in [3.63, 3.8) is 0 Å². The highest BCUT2D eigenvalue weighted by molar-refractivity contribution is 5.93. The summed E-state index contributed by atoms with van der Waals surface area (Å²) >= 11 is 0. The van der Waals surface area contributed by atoms with E-state index >= 15 is 0 Å². The normalized spacial score (nSPS) is 10.6. The molecule has 6 nitrogen and oxygen atoms in total. The number of hydrogen-bond donors (Lipinski definition) is 3. The Kier molecular flexibility index (Phi) is 7.34. The van der Waals surface area contributed by atoms with E-state index in [4.69, 9.17) is 9.47 Å². The van der Waals surface area contributed by atoms with Crippen LogP contribution in [0.25, 0.3) is 0 Å². The van der Waals surface area contributed by atoms with E-state index in [9.17, 15) is 20.1 Å². The Bertz CT molecular complexity index is 784. The van der Waals surface area contributed by atoms with Crippen molar-refractivity contribution in [3.05, 3.63) is 47.0 Å². The monoisotopic (exact) mass is 374 g/mol. The average Bonchev–Trinajstić information content (AvgIpc) is 2.64. The fraction of sp³-hybridized carbons (Fsp3) is 0.381. The van der Waals surface area contributed by atoms with E-state index in [-0.39, 0.29) is 29.4 Å². The topological polar surface area (TPSA) is 96.2 Å². The molecule has 146 valence electrons. The summed E-state index contributed by atoms with van der Waals surface area (Å²) in [6.07, 6.45) is 2.74. The van der Waals surface area contributed by atoms with Crippen LogP contribution >= 0.6 is 0 Å². The molecule has 2 rings (SSSR count). The predicted octanol–water partition coefficient (Wildman–Crippen LogP) is 3.94. The van der Waals surface area contributed by atoms with Crippen LogP contribution in [0.15, 0.2) is 30.3 Å². The first-order valence-corrected chi connectivity index (χ1v) is 9.13. The van der Waals surface area contributed by atoms with Gasteiger partial charge in [-0.05, 0) is 56.0 Å². The molecule has 0 aromatic heterocycles. The molecule has 0 aliphatic rings. The first-order chi connectivity index (χ1) is 13.0. The van der Waals surface area contributed by atoms with Gasteiger partial charge in [0.15, 0.2) is 11.5 Å². The SMILES string of the molecule is CCCc1c(OCCCc2ccc(O)c(O)c2)ccc(C(=O)OCC)c1O. The van der Waals surface area contributed by atoms with Crippen LogP contribution in [0.2, 0.25) is 0 Å². The van der Waals surface area contributed by atoms with E-state index in [1.165, 1.54) is 18.2 Å². The van der Waals surface area contributed by atoms with Crippen molar-refractivity contribution in [2.45, 2.75) is 39.5 Å². The molecule has 0 heterocycles. The first-order valence-electron chi connectivity index (χ1n) is 9.13. The second-order valence-corrected chi connectivity index (χ2v) is 6.18. The number of benzene rings is 2. The molecular weight excluding hydrogens is 348 g/mol. The zero-order valence-corrected chi connectivity index (χ0v) is 15.7. The maximum Gasteiger partial charge on any atom is 0.341 e. The van der Waals surface area contributed by atoms with Gasteiger partial charge in [0.25, 0.3) is 0 Å². The van der Waals surface area contributed by atoms with Gasteiger partial charge in [0, 0.05) is 5.56 Å². The molecule has 0 unspecified atom stereocenters. The summed E-state index contributed by atoms with van der Waals surface area (Å²) in [5.41, 5.74) is 1.64. The molecular formula is C21H26O6. The van der Waals surface area contributed by atoms with Gasteiger partial charge < -0.3 is 24.8 Å². The number of aryl methyl sites for hydroxylation is 1. The fourth-order valence-corrected chi connectivity index (χ4v) is 2.80. The number of esters is 1. The second kappa shape index (κ2) is 9.71. The van der Waals surface area contributed by atoms with Crippen LogP contribution in [0.1, 0.15) is 48.2 Å². The van der Waals surface area contributed by atoms with Crippen LogP contribution in [0.5, 0.6) is 23.0 Å². The minimum atomic E-state index is -0.550. The summed E-state index contributed by atoms with van der Waals surface area (Å²) in [7, 11) is 0. The van der Waals surface area contributed by atoms with Crippen molar-refractivity contribution >= 4 is 5.97 Å². The summed E-state index contributed by atoms with van der Waals surface area (Å²) in [4.78, 5) is 11.9. The van der Waals surface area contributed by atoms with Gasteiger partial charge in [0.05, 0.1) is 13.2 Å². The summed E-state index contributed by atoms with van der Waals surface area (Å²) in [5, 5.41) is 29.3. The zero-order valence-electron chi connectivity index (χ0n) is 15.7. The number of ether oxygens (including phenoxy) is 2. The van der Waals surface area contributed by atoms with Crippen molar-refractivity contribution < 1.29 is 29.6 Å². The standard InChI is InChI=1S/C21H26O6/c1-3-6-15-19(11-9-16(20(15)24)21(25)26-4-2)27-12-5-7-14-8-10-17(22)18(23)13-14/h8-11,13,22-24H,3-7,12H2,1-2H3. The Hall–Kier alpha value is -2.89. The van der Waals surface area contributed by atoms with E-state index in [0.717, 1.165) is 12.0 Å². The number of phenolic OH excluding ortho intramolecular Hbond substituents is 3. The molecule has 0 aliphatic heterocycles. The number of phenols is 3. The third-order valence-corrected chi connectivity index (χ3v) is 4.14. The molecule has 0 saturated heterocycles. The average molecular weight is 374 g/mol. The molecule has 0 amide bonds. The Morgan fingerprint density at radius 2 is 1.78 bits per heavy atom. The van der Waals surface area contributed by atoms with Gasteiger partial charge in [-0.2, -0.15) is 0 Å². The number of carbonyl (C=O) groups is 1. The molecule has 0 bridgehead atoms. The minimum absolute atomic E-state index is 0.0868. The van der Waals surface area contributed by atoms with E-state index in [1.807, 2.05) is 6.92 Å². The van der Waals surface area contributed by atoms with Crippen LogP contribution in [-0.4, -0.2) is 34.5 Å². The Morgan fingerprint density at radius 3 is 2.44 bits per heavy atom. The first kappa shape index (κ1) is 20.4. The van der Waals surface area contributed by atoms with Gasteiger partial charge in [-0.25, -0.2) is 4.79 Å². The van der Waals surface area contributed by atoms with E-state index < -0.39 is 5.97 Å². The molecule has 0 fully saturated rings. The molecule has 2 aromatic rings. The van der Waals surface area contributed by atoms with E-state index in [2.05, 4.69) is 0 Å². The Morgan fingerprint density at radius 1 is 1.00 bits per heavy atom. The summed E-state index contributed by atoms with van der Waals surface area (Å²) < 4.78 is 10.8. The van der Waals surface area contributed by atoms with Crippen LogP contribution in [0.4, 0.5) is 0 Å². The molecule has 2 aromatic carbocycles. The van der Waals surface area contributed by atoms with E-state index in [1.54, 1.807) is 19.1 Å². The minimum Gasteiger partial charge on any atom is -0.507 e. The lowest BCUT2D eigenvalue weighted by molar-refractivity contribution is 0.0522. The van der Waals surface area contributed by atoms with Gasteiger partial charge in [-0.3, -0.25) is 0 Å². The Balaban J connectivity index is 2.03. The van der Waals surface area contributed by atoms with Gasteiger partial charge in [-0.1, -0.05) is 19.4 Å². The highest BCUT2D eigenvalue weighted by atomic mass is 16.5. The Labute approximate surface area is 159 Å². The zero-order chi connectivity index (χ0) is 19.8. The number of rotatable bonds is 9. The third-order valence-electron chi connectivity index (χ3n) is 4.14. The van der Waals surface area contributed by atoms with Gasteiger partial charge in [0.2, 0.25) is 0 Å². The summed E-state index contributed by atoms with van der Waals surface area (Å²) in [6.45, 7) is 4.35. The van der Waals surface area contributed by atoms with Crippen LogP contribution in [-0.2, 0) is 17.6 Å². The van der Waals surface area contributed by atoms with Gasteiger partial charge in [-0.15, -0.1) is 0 Å². The van der Waals surface area contributed by atoms with Crippen LogP contribution < -0.4 is 4.74 Å². The highest BCUT2D eigenvalue weighted by Gasteiger charge is 2.19. The van der Waals surface area contributed by atoms with Crippen molar-refractivity contribution in [1.82, 2.24) is 0 Å². The van der Waals surface area contributed by atoms with Crippen molar-refractivity contribution in [2.24, 2.45) is 0 Å². The smallest absolute Gasteiger partial charge is 0.341 e. The molecule has 3 N–H and O–H groups in total. The number of carbonyl (C=O) groups excluding carboxylic acids is 1. The number of aromatic hydroxyl groups is 3. The molecule has 0 atom stereocenters. The maximum atomic E-state index is 11.9.